The molecule has 0 radical (unpaired) electrons. The van der Waals surface area contributed by atoms with Crippen LogP contribution in [0.25, 0.3) is 0 Å². The van der Waals surface area contributed by atoms with Crippen molar-refractivity contribution in [2.75, 3.05) is 18.0 Å². The number of carbonyl (C=O) groups is 2. The van der Waals surface area contributed by atoms with Crippen molar-refractivity contribution in [3.05, 3.63) is 46.0 Å². The van der Waals surface area contributed by atoms with Crippen molar-refractivity contribution in [1.29, 1.82) is 0 Å². The van der Waals surface area contributed by atoms with Gasteiger partial charge in [-0.25, -0.2) is 19.7 Å². The van der Waals surface area contributed by atoms with Crippen LogP contribution in [-0.2, 0) is 22.6 Å². The van der Waals surface area contributed by atoms with Gasteiger partial charge < -0.3 is 4.90 Å². The van der Waals surface area contributed by atoms with Crippen LogP contribution in [0, 0.1) is 12.8 Å². The summed E-state index contributed by atoms with van der Waals surface area (Å²) in [6.45, 7) is 7.26. The summed E-state index contributed by atoms with van der Waals surface area (Å²) in [4.78, 5) is 54.7. The number of fused-ring (bicyclic) bond motifs is 1. The highest BCUT2D eigenvalue weighted by Crippen LogP contribution is 2.34. The number of hydrogen-bond donors (Lipinski definition) is 0. The van der Waals surface area contributed by atoms with Crippen LogP contribution >= 0.6 is 0 Å². The first-order chi connectivity index (χ1) is 15.3. The second kappa shape index (κ2) is 9.18. The molecule has 0 saturated carbocycles. The molecule has 0 N–H and O–H groups in total. The largest absolute Gasteiger partial charge is 0.347 e. The Morgan fingerprint density at radius 1 is 1.19 bits per heavy atom. The maximum atomic E-state index is 13.2. The van der Waals surface area contributed by atoms with E-state index in [-0.39, 0.29) is 24.4 Å². The smallest absolute Gasteiger partial charge is 0.331 e. The van der Waals surface area contributed by atoms with Gasteiger partial charge in [0.05, 0.1) is 6.04 Å². The van der Waals surface area contributed by atoms with Crippen molar-refractivity contribution in [3.63, 3.8) is 0 Å². The lowest BCUT2D eigenvalue weighted by Gasteiger charge is -2.36. The third-order valence-electron chi connectivity index (χ3n) is 6.11. The van der Waals surface area contributed by atoms with Crippen molar-refractivity contribution < 1.29 is 9.59 Å². The Kier molecular flexibility index (Phi) is 6.34. The van der Waals surface area contributed by atoms with E-state index in [1.54, 1.807) is 22.1 Å². The van der Waals surface area contributed by atoms with Gasteiger partial charge >= 0.3 is 5.69 Å². The summed E-state index contributed by atoms with van der Waals surface area (Å²) in [5, 5.41) is 0. The molecule has 2 aromatic rings. The van der Waals surface area contributed by atoms with E-state index < -0.39 is 5.69 Å². The van der Waals surface area contributed by atoms with E-state index in [1.165, 1.54) is 10.8 Å². The van der Waals surface area contributed by atoms with E-state index in [0.717, 1.165) is 30.5 Å². The van der Waals surface area contributed by atoms with Crippen molar-refractivity contribution in [3.8, 4) is 0 Å². The molecule has 9 nitrogen and oxygen atoms in total. The highest BCUT2D eigenvalue weighted by molar-refractivity contribution is 5.95. The summed E-state index contributed by atoms with van der Waals surface area (Å²) in [7, 11) is 0. The predicted octanol–water partition coefficient (Wildman–Crippen LogP) is 2.03. The Balaban J connectivity index is 1.66. The van der Waals surface area contributed by atoms with Crippen LogP contribution in [0.15, 0.2) is 23.3 Å². The number of likely N-dealkylation sites (tertiary alicyclic amines) is 1. The highest BCUT2D eigenvalue weighted by atomic mass is 16.2. The van der Waals surface area contributed by atoms with Crippen LogP contribution in [0.4, 0.5) is 5.82 Å². The first-order valence-corrected chi connectivity index (χ1v) is 11.3. The summed E-state index contributed by atoms with van der Waals surface area (Å²) in [6.07, 6.45) is 6.72. The molecule has 1 unspecified atom stereocenters. The SMILES string of the molecule is Cc1nc(C2CCCCN2C(=O)Cn2cccnc2=O)nc2c1CCC(=O)N2CC(C)C. The average molecular weight is 439 g/mol. The molecular formula is C23H30N6O3. The number of aromatic nitrogens is 4. The van der Waals surface area contributed by atoms with E-state index in [9.17, 15) is 14.4 Å². The van der Waals surface area contributed by atoms with E-state index >= 15 is 0 Å². The maximum absolute atomic E-state index is 13.2. The molecule has 2 aliphatic heterocycles. The zero-order valence-corrected chi connectivity index (χ0v) is 19.0. The van der Waals surface area contributed by atoms with Gasteiger partial charge in [0.1, 0.15) is 12.4 Å². The van der Waals surface area contributed by atoms with Crippen LogP contribution in [0.5, 0.6) is 0 Å². The number of carbonyl (C=O) groups excluding carboxylic acids is 2. The molecule has 170 valence electrons. The zero-order valence-electron chi connectivity index (χ0n) is 19.0. The Morgan fingerprint density at radius 3 is 2.75 bits per heavy atom. The van der Waals surface area contributed by atoms with Gasteiger partial charge in [-0.15, -0.1) is 0 Å². The molecule has 2 aromatic heterocycles. The van der Waals surface area contributed by atoms with E-state index in [1.807, 2.05) is 6.92 Å². The van der Waals surface area contributed by atoms with Gasteiger partial charge in [-0.2, -0.15) is 0 Å². The lowest BCUT2D eigenvalue weighted by atomic mass is 9.99. The summed E-state index contributed by atoms with van der Waals surface area (Å²) in [5.41, 5.74) is 1.44. The molecular weight excluding hydrogens is 408 g/mol. The summed E-state index contributed by atoms with van der Waals surface area (Å²) >= 11 is 0. The Labute approximate surface area is 187 Å². The van der Waals surface area contributed by atoms with Crippen LogP contribution in [0.3, 0.4) is 0 Å². The molecule has 0 aliphatic carbocycles. The first kappa shape index (κ1) is 22.1. The third kappa shape index (κ3) is 4.42. The summed E-state index contributed by atoms with van der Waals surface area (Å²) in [5.74, 6) is 1.52. The van der Waals surface area contributed by atoms with Gasteiger partial charge in [0.2, 0.25) is 11.8 Å². The van der Waals surface area contributed by atoms with E-state index in [0.29, 0.717) is 43.5 Å². The molecule has 1 saturated heterocycles. The fourth-order valence-corrected chi connectivity index (χ4v) is 4.55. The van der Waals surface area contributed by atoms with Crippen LogP contribution < -0.4 is 10.6 Å². The molecule has 1 atom stereocenters. The van der Waals surface area contributed by atoms with Gasteiger partial charge in [0.25, 0.3) is 0 Å². The molecule has 0 aromatic carbocycles. The number of anilines is 1. The van der Waals surface area contributed by atoms with Gasteiger partial charge in [-0.3, -0.25) is 19.1 Å². The number of piperidine rings is 1. The molecule has 0 spiro atoms. The molecule has 2 aliphatic rings. The van der Waals surface area contributed by atoms with Crippen LogP contribution in [0.1, 0.15) is 62.7 Å². The minimum Gasteiger partial charge on any atom is -0.331 e. The van der Waals surface area contributed by atoms with Crippen molar-refractivity contribution >= 4 is 17.6 Å². The van der Waals surface area contributed by atoms with Crippen molar-refractivity contribution in [2.45, 2.75) is 65.5 Å². The van der Waals surface area contributed by atoms with Crippen LogP contribution in [0.2, 0.25) is 0 Å². The van der Waals surface area contributed by atoms with Crippen molar-refractivity contribution in [2.24, 2.45) is 5.92 Å². The topological polar surface area (TPSA) is 101 Å². The average Bonchev–Trinajstić information content (AvgIpc) is 2.77. The molecule has 9 heteroatoms. The van der Waals surface area contributed by atoms with Gasteiger partial charge in [0.15, 0.2) is 5.82 Å². The van der Waals surface area contributed by atoms with Gasteiger partial charge in [0, 0.05) is 43.2 Å². The first-order valence-electron chi connectivity index (χ1n) is 11.3. The highest BCUT2D eigenvalue weighted by Gasteiger charge is 2.34. The van der Waals surface area contributed by atoms with Crippen LogP contribution in [-0.4, -0.2) is 49.3 Å². The molecule has 0 bridgehead atoms. The molecule has 4 heterocycles. The molecule has 2 amide bonds. The molecule has 1 fully saturated rings. The Morgan fingerprint density at radius 2 is 2.00 bits per heavy atom. The summed E-state index contributed by atoms with van der Waals surface area (Å²) in [6, 6.07) is 1.36. The number of amides is 2. The molecule has 4 rings (SSSR count). The standard InChI is InChI=1S/C23H30N6O3/c1-15(2)13-29-19(30)9-8-17-16(3)25-21(26-22(17)29)18-7-4-5-12-28(18)20(31)14-27-11-6-10-24-23(27)32/h6,10-11,15,18H,4-5,7-9,12-14H2,1-3H3. The number of hydrogen-bond acceptors (Lipinski definition) is 6. The van der Waals surface area contributed by atoms with Gasteiger partial charge in [-0.1, -0.05) is 13.8 Å². The normalized spacial score (nSPS) is 18.8. The lowest BCUT2D eigenvalue weighted by Crippen LogP contribution is -2.43. The lowest BCUT2D eigenvalue weighted by molar-refractivity contribution is -0.136. The Bertz CT molecular complexity index is 1080. The monoisotopic (exact) mass is 438 g/mol. The number of nitrogens with zero attached hydrogens (tertiary/aromatic N) is 6. The number of rotatable bonds is 5. The fourth-order valence-electron chi connectivity index (χ4n) is 4.55. The van der Waals surface area contributed by atoms with Gasteiger partial charge in [-0.05, 0) is 44.6 Å². The quantitative estimate of drug-likeness (QED) is 0.708. The second-order valence-electron chi connectivity index (χ2n) is 9.00. The summed E-state index contributed by atoms with van der Waals surface area (Å²) < 4.78 is 1.32. The molecule has 32 heavy (non-hydrogen) atoms. The third-order valence-corrected chi connectivity index (χ3v) is 6.11. The minimum atomic E-state index is -0.446. The maximum Gasteiger partial charge on any atom is 0.347 e. The fraction of sp³-hybridized carbons (Fsp3) is 0.565. The number of aryl methyl sites for hydroxylation is 1. The van der Waals surface area contributed by atoms with E-state index in [2.05, 4.69) is 18.8 Å². The predicted molar refractivity (Wildman–Crippen MR) is 119 cm³/mol. The minimum absolute atomic E-state index is 0.0644. The Hall–Kier alpha value is -3.10. The zero-order chi connectivity index (χ0) is 22.8. The van der Waals surface area contributed by atoms with Crippen molar-refractivity contribution in [1.82, 2.24) is 24.4 Å². The van der Waals surface area contributed by atoms with E-state index in [4.69, 9.17) is 9.97 Å². The second-order valence-corrected chi connectivity index (χ2v) is 9.00.